The molecule has 0 fully saturated rings. The maximum atomic E-state index is 13.6. The van der Waals surface area contributed by atoms with Gasteiger partial charge in [0.1, 0.15) is 12.2 Å². The highest BCUT2D eigenvalue weighted by Gasteiger charge is 2.17. The van der Waals surface area contributed by atoms with Crippen molar-refractivity contribution in [1.82, 2.24) is 9.66 Å². The smallest absolute Gasteiger partial charge is 0.282 e. The summed E-state index contributed by atoms with van der Waals surface area (Å²) in [4.78, 5) is 18.3. The van der Waals surface area contributed by atoms with Crippen LogP contribution >= 0.6 is 55.1 Å². The fourth-order valence-corrected chi connectivity index (χ4v) is 5.65. The summed E-state index contributed by atoms with van der Waals surface area (Å²) in [7, 11) is 1.55. The summed E-state index contributed by atoms with van der Waals surface area (Å²) in [5.41, 5.74) is 2.37. The first kappa shape index (κ1) is 28.5. The molecule has 0 aliphatic carbocycles. The number of halogens is 4. The lowest BCUT2D eigenvalue weighted by Crippen LogP contribution is -2.20. The van der Waals surface area contributed by atoms with Gasteiger partial charge in [-0.25, -0.2) is 4.98 Å². The van der Waals surface area contributed by atoms with Gasteiger partial charge in [-0.15, -0.1) is 0 Å². The Hall–Kier alpha value is -3.63. The number of rotatable bonds is 7. The van der Waals surface area contributed by atoms with Gasteiger partial charge in [0.15, 0.2) is 17.3 Å². The fourth-order valence-electron chi connectivity index (χ4n) is 4.38. The lowest BCUT2D eigenvalue weighted by Gasteiger charge is -2.14. The first-order valence-electron chi connectivity index (χ1n) is 12.5. The maximum Gasteiger partial charge on any atom is 0.282 e. The van der Waals surface area contributed by atoms with Crippen molar-refractivity contribution in [3.63, 3.8) is 0 Å². The van der Waals surface area contributed by atoms with Crippen LogP contribution in [0.1, 0.15) is 11.1 Å². The van der Waals surface area contributed by atoms with E-state index >= 15 is 0 Å². The molecule has 0 saturated heterocycles. The summed E-state index contributed by atoms with van der Waals surface area (Å²) in [5, 5.41) is 6.77. The number of benzene rings is 4. The van der Waals surface area contributed by atoms with Crippen molar-refractivity contribution in [1.29, 1.82) is 0 Å². The molecule has 4 aromatic carbocycles. The highest BCUT2D eigenvalue weighted by Crippen LogP contribution is 2.37. The van der Waals surface area contributed by atoms with Gasteiger partial charge in [0, 0.05) is 9.86 Å². The number of fused-ring (bicyclic) bond motifs is 2. The van der Waals surface area contributed by atoms with Gasteiger partial charge in [0.05, 0.1) is 38.7 Å². The summed E-state index contributed by atoms with van der Waals surface area (Å²) in [5.74, 6) is 1.65. The fraction of sp³-hybridized carbons (Fsp3) is 0.0645. The van der Waals surface area contributed by atoms with E-state index in [0.29, 0.717) is 53.8 Å². The van der Waals surface area contributed by atoms with Crippen molar-refractivity contribution in [2.75, 3.05) is 7.11 Å². The molecule has 2 aromatic heterocycles. The molecule has 210 valence electrons. The van der Waals surface area contributed by atoms with E-state index < -0.39 is 0 Å². The Bertz CT molecular complexity index is 2070. The molecule has 0 aliphatic rings. The number of furan rings is 1. The van der Waals surface area contributed by atoms with E-state index in [2.05, 4.69) is 37.0 Å². The minimum atomic E-state index is -0.332. The minimum Gasteiger partial charge on any atom is -0.493 e. The van der Waals surface area contributed by atoms with E-state index in [1.54, 1.807) is 49.7 Å². The summed E-state index contributed by atoms with van der Waals surface area (Å²) in [6, 6.07) is 23.5. The first-order chi connectivity index (χ1) is 20.3. The highest BCUT2D eigenvalue weighted by atomic mass is 79.9. The Kier molecular flexibility index (Phi) is 8.09. The lowest BCUT2D eigenvalue weighted by molar-refractivity contribution is 0.282. The molecule has 0 spiro atoms. The standard InChI is InChI=1S/C31H19Br2Cl2N3O4/c1-40-27-12-18(10-22(33)29(27)41-16-17-6-8-23(34)24(35)11-17)15-36-38-30(37-25-5-3-2-4-21(25)31(38)39)28-14-19-13-20(32)7-9-26(19)42-28/h2-15H,16H2,1H3. The Labute approximate surface area is 266 Å². The highest BCUT2D eigenvalue weighted by molar-refractivity contribution is 9.10. The van der Waals surface area contributed by atoms with Crippen molar-refractivity contribution in [2.24, 2.45) is 5.10 Å². The Morgan fingerprint density at radius 3 is 2.64 bits per heavy atom. The van der Waals surface area contributed by atoms with Crippen LogP contribution in [-0.4, -0.2) is 23.0 Å². The normalized spacial score (nSPS) is 11.5. The zero-order valence-corrected chi connectivity index (χ0v) is 26.5. The third kappa shape index (κ3) is 5.70. The van der Waals surface area contributed by atoms with Gasteiger partial charge in [-0.05, 0) is 87.7 Å². The van der Waals surface area contributed by atoms with E-state index in [9.17, 15) is 4.79 Å². The molecule has 0 aliphatic heterocycles. The molecule has 6 rings (SSSR count). The second-order valence-electron chi connectivity index (χ2n) is 9.18. The van der Waals surface area contributed by atoms with E-state index in [1.807, 2.05) is 42.5 Å². The SMILES string of the molecule is COc1cc(C=Nn2c(-c3cc4cc(Br)ccc4o3)nc3ccccc3c2=O)cc(Br)c1OCc1ccc(Cl)c(Cl)c1. The average Bonchev–Trinajstić information content (AvgIpc) is 3.40. The summed E-state index contributed by atoms with van der Waals surface area (Å²) in [6.45, 7) is 0.245. The van der Waals surface area contributed by atoms with Crippen LogP contribution in [-0.2, 0) is 6.61 Å². The number of para-hydroxylation sites is 1. The van der Waals surface area contributed by atoms with E-state index in [-0.39, 0.29) is 18.0 Å². The molecule has 11 heteroatoms. The number of hydrogen-bond donors (Lipinski definition) is 0. The Morgan fingerprint density at radius 2 is 1.83 bits per heavy atom. The molecule has 0 saturated carbocycles. The van der Waals surface area contributed by atoms with Crippen LogP contribution in [0.3, 0.4) is 0 Å². The van der Waals surface area contributed by atoms with Gasteiger partial charge in [-0.2, -0.15) is 9.78 Å². The van der Waals surface area contributed by atoms with Crippen LogP contribution < -0.4 is 15.0 Å². The molecule has 0 bridgehead atoms. The summed E-state index contributed by atoms with van der Waals surface area (Å²) >= 11 is 19.2. The van der Waals surface area contributed by atoms with Crippen molar-refractivity contribution in [3.05, 3.63) is 119 Å². The van der Waals surface area contributed by atoms with E-state index in [4.69, 9.17) is 42.1 Å². The lowest BCUT2D eigenvalue weighted by atomic mass is 10.2. The zero-order valence-electron chi connectivity index (χ0n) is 21.8. The summed E-state index contributed by atoms with van der Waals surface area (Å²) in [6.07, 6.45) is 1.55. The third-order valence-corrected chi connectivity index (χ3v) is 8.22. The van der Waals surface area contributed by atoms with Crippen molar-refractivity contribution < 1.29 is 13.9 Å². The van der Waals surface area contributed by atoms with Gasteiger partial charge >= 0.3 is 0 Å². The van der Waals surface area contributed by atoms with Crippen molar-refractivity contribution in [3.8, 4) is 23.1 Å². The van der Waals surface area contributed by atoms with Crippen molar-refractivity contribution >= 4 is 83.1 Å². The molecule has 0 amide bonds. The van der Waals surface area contributed by atoms with Crippen molar-refractivity contribution in [2.45, 2.75) is 6.61 Å². The van der Waals surface area contributed by atoms with Crippen LogP contribution in [0, 0.1) is 0 Å². The Morgan fingerprint density at radius 1 is 1.00 bits per heavy atom. The van der Waals surface area contributed by atoms with Gasteiger partial charge in [-0.1, -0.05) is 57.3 Å². The molecular formula is C31H19Br2Cl2N3O4. The zero-order chi connectivity index (χ0) is 29.4. The van der Waals surface area contributed by atoms with Gasteiger partial charge in [-0.3, -0.25) is 4.79 Å². The summed E-state index contributed by atoms with van der Waals surface area (Å²) < 4.78 is 20.5. The quantitative estimate of drug-likeness (QED) is 0.153. The topological polar surface area (TPSA) is 78.9 Å². The number of aromatic nitrogens is 2. The molecule has 6 aromatic rings. The number of ether oxygens (including phenoxy) is 2. The molecule has 42 heavy (non-hydrogen) atoms. The third-order valence-electron chi connectivity index (χ3n) is 6.39. The second-order valence-corrected chi connectivity index (χ2v) is 11.8. The van der Waals surface area contributed by atoms with Crippen LogP contribution in [0.4, 0.5) is 0 Å². The Balaban J connectivity index is 1.38. The van der Waals surface area contributed by atoms with Crippen LogP contribution in [0.25, 0.3) is 33.5 Å². The van der Waals surface area contributed by atoms with Gasteiger partial charge < -0.3 is 13.9 Å². The van der Waals surface area contributed by atoms with Crippen LogP contribution in [0.2, 0.25) is 10.0 Å². The first-order valence-corrected chi connectivity index (χ1v) is 14.8. The number of nitrogens with zero attached hydrogens (tertiary/aromatic N) is 3. The van der Waals surface area contributed by atoms with Crippen LogP contribution in [0.15, 0.2) is 102 Å². The van der Waals surface area contributed by atoms with E-state index in [1.165, 1.54) is 4.68 Å². The molecular weight excluding hydrogens is 709 g/mol. The molecule has 0 radical (unpaired) electrons. The monoisotopic (exact) mass is 725 g/mol. The van der Waals surface area contributed by atoms with Gasteiger partial charge in [0.25, 0.3) is 5.56 Å². The molecule has 0 atom stereocenters. The van der Waals surface area contributed by atoms with E-state index in [0.717, 1.165) is 15.4 Å². The molecule has 0 unspecified atom stereocenters. The minimum absolute atomic E-state index is 0.245. The molecule has 0 N–H and O–H groups in total. The van der Waals surface area contributed by atoms with Crippen LogP contribution in [0.5, 0.6) is 11.5 Å². The average molecular weight is 728 g/mol. The molecule has 7 nitrogen and oxygen atoms in total. The largest absolute Gasteiger partial charge is 0.493 e. The number of hydrogen-bond acceptors (Lipinski definition) is 6. The predicted molar refractivity (Wildman–Crippen MR) is 173 cm³/mol. The number of methoxy groups -OCH3 is 1. The second kappa shape index (κ2) is 11.9. The van der Waals surface area contributed by atoms with Gasteiger partial charge in [0.2, 0.25) is 5.82 Å². The predicted octanol–water partition coefficient (Wildman–Crippen LogP) is 9.11. The maximum absolute atomic E-state index is 13.6. The molecule has 2 heterocycles.